The first kappa shape index (κ1) is 14.1. The Kier molecular flexibility index (Phi) is 3.74. The smallest absolute Gasteiger partial charge is 0.237 e. The van der Waals surface area contributed by atoms with Gasteiger partial charge >= 0.3 is 0 Å². The first-order chi connectivity index (χ1) is 10.6. The minimum absolute atomic E-state index is 0.165. The number of nitrogens with two attached hydrogens (primary N) is 1. The molecule has 2 N–H and O–H groups in total. The molecular weight excluding hydrogens is 274 g/mol. The van der Waals surface area contributed by atoms with E-state index in [1.165, 1.54) is 0 Å². The normalized spacial score (nSPS) is 11.3. The number of hydrogen-bond acceptors (Lipinski definition) is 2. The Labute approximate surface area is 128 Å². The van der Waals surface area contributed by atoms with Crippen molar-refractivity contribution in [2.75, 3.05) is 0 Å². The number of amides is 1. The highest BCUT2D eigenvalue weighted by Gasteiger charge is 2.08. The van der Waals surface area contributed by atoms with Crippen LogP contribution in [0.5, 0.6) is 0 Å². The van der Waals surface area contributed by atoms with Crippen molar-refractivity contribution in [1.29, 1.82) is 0 Å². The van der Waals surface area contributed by atoms with E-state index in [1.807, 2.05) is 72.4 Å². The fourth-order valence-corrected chi connectivity index (χ4v) is 2.52. The summed E-state index contributed by atoms with van der Waals surface area (Å²) in [6.07, 6.45) is 3.75. The van der Waals surface area contributed by atoms with E-state index in [1.54, 1.807) is 0 Å². The molecule has 22 heavy (non-hydrogen) atoms. The monoisotopic (exact) mass is 291 g/mol. The Morgan fingerprint density at radius 2 is 1.91 bits per heavy atom. The largest absolute Gasteiger partial charge is 0.368 e. The van der Waals surface area contributed by atoms with Gasteiger partial charge < -0.3 is 10.3 Å². The summed E-state index contributed by atoms with van der Waals surface area (Å²) in [4.78, 5) is 15.8. The molecule has 0 saturated carbocycles. The number of aromatic nitrogens is 1. The van der Waals surface area contributed by atoms with Gasteiger partial charge in [0.15, 0.2) is 0 Å². The van der Waals surface area contributed by atoms with Crippen LogP contribution in [0.2, 0.25) is 0 Å². The van der Waals surface area contributed by atoms with Gasteiger partial charge in [-0.15, -0.1) is 0 Å². The van der Waals surface area contributed by atoms with Crippen LogP contribution in [0.1, 0.15) is 11.1 Å². The van der Waals surface area contributed by atoms with E-state index in [-0.39, 0.29) is 12.5 Å². The zero-order valence-corrected chi connectivity index (χ0v) is 12.4. The Bertz CT molecular complexity index is 862. The van der Waals surface area contributed by atoms with Crippen LogP contribution in [0, 0.1) is 6.92 Å². The number of aliphatic imine (C=N–C) groups is 1. The van der Waals surface area contributed by atoms with Gasteiger partial charge in [0.25, 0.3) is 0 Å². The Balaban J connectivity index is 2.04. The van der Waals surface area contributed by atoms with Crippen molar-refractivity contribution in [3.8, 4) is 0 Å². The second-order valence-corrected chi connectivity index (χ2v) is 5.24. The quantitative estimate of drug-likeness (QED) is 0.737. The van der Waals surface area contributed by atoms with Gasteiger partial charge in [0, 0.05) is 28.9 Å². The molecule has 0 radical (unpaired) electrons. The third kappa shape index (κ3) is 2.76. The molecule has 0 aliphatic rings. The zero-order valence-electron chi connectivity index (χ0n) is 12.4. The number of carbonyl (C=O) groups excluding carboxylic acids is 1. The topological polar surface area (TPSA) is 60.4 Å². The molecular formula is C18H17N3O. The average molecular weight is 291 g/mol. The van der Waals surface area contributed by atoms with Crippen molar-refractivity contribution in [2.24, 2.45) is 10.7 Å². The van der Waals surface area contributed by atoms with Crippen molar-refractivity contribution in [3.63, 3.8) is 0 Å². The number of carbonyl (C=O) groups is 1. The van der Waals surface area contributed by atoms with Gasteiger partial charge in [-0.1, -0.05) is 36.4 Å². The number of para-hydroxylation sites is 2. The molecule has 110 valence electrons. The summed E-state index contributed by atoms with van der Waals surface area (Å²) >= 11 is 0. The molecule has 1 amide bonds. The van der Waals surface area contributed by atoms with Crippen LogP contribution in [0.15, 0.2) is 59.7 Å². The van der Waals surface area contributed by atoms with Gasteiger partial charge in [0.1, 0.15) is 6.54 Å². The third-order valence-electron chi connectivity index (χ3n) is 3.60. The van der Waals surface area contributed by atoms with Gasteiger partial charge in [-0.2, -0.15) is 0 Å². The van der Waals surface area contributed by atoms with Crippen LogP contribution in [0.4, 0.5) is 5.69 Å². The lowest BCUT2D eigenvalue weighted by atomic mass is 10.2. The first-order valence-corrected chi connectivity index (χ1v) is 7.11. The van der Waals surface area contributed by atoms with E-state index in [0.29, 0.717) is 0 Å². The van der Waals surface area contributed by atoms with Crippen LogP contribution in [0.3, 0.4) is 0 Å². The molecule has 0 aliphatic carbocycles. The van der Waals surface area contributed by atoms with Gasteiger partial charge in [-0.3, -0.25) is 9.79 Å². The first-order valence-electron chi connectivity index (χ1n) is 7.11. The van der Waals surface area contributed by atoms with Crippen LogP contribution in [-0.2, 0) is 11.3 Å². The summed E-state index contributed by atoms with van der Waals surface area (Å²) in [6, 6.07) is 15.9. The zero-order chi connectivity index (χ0) is 15.5. The van der Waals surface area contributed by atoms with Crippen molar-refractivity contribution in [1.82, 2.24) is 4.57 Å². The summed E-state index contributed by atoms with van der Waals surface area (Å²) in [6.45, 7) is 2.20. The molecule has 4 heteroatoms. The molecule has 0 bridgehead atoms. The van der Waals surface area contributed by atoms with Crippen LogP contribution < -0.4 is 5.73 Å². The van der Waals surface area contributed by atoms with Crippen molar-refractivity contribution in [2.45, 2.75) is 13.5 Å². The SMILES string of the molecule is Cc1ccccc1N=Cc1cn(CC(N)=O)c2ccccc12. The average Bonchev–Trinajstić information content (AvgIpc) is 2.84. The van der Waals surface area contributed by atoms with Gasteiger partial charge in [0.2, 0.25) is 5.91 Å². The lowest BCUT2D eigenvalue weighted by Gasteiger charge is -2.00. The molecule has 0 fully saturated rings. The molecule has 0 atom stereocenters. The highest BCUT2D eigenvalue weighted by atomic mass is 16.1. The predicted octanol–water partition coefficient (Wildman–Crippen LogP) is 3.19. The summed E-state index contributed by atoms with van der Waals surface area (Å²) in [5.41, 5.74) is 9.33. The number of primary amides is 1. The number of fused-ring (bicyclic) bond motifs is 1. The fraction of sp³-hybridized carbons (Fsp3) is 0.111. The lowest BCUT2D eigenvalue weighted by molar-refractivity contribution is -0.118. The predicted molar refractivity (Wildman–Crippen MR) is 89.6 cm³/mol. The third-order valence-corrected chi connectivity index (χ3v) is 3.60. The second-order valence-electron chi connectivity index (χ2n) is 5.24. The van der Waals surface area contributed by atoms with Crippen LogP contribution in [0.25, 0.3) is 10.9 Å². The maximum Gasteiger partial charge on any atom is 0.237 e. The second kappa shape index (κ2) is 5.85. The van der Waals surface area contributed by atoms with E-state index in [0.717, 1.165) is 27.7 Å². The maximum absolute atomic E-state index is 11.2. The van der Waals surface area contributed by atoms with E-state index < -0.39 is 0 Å². The number of hydrogen-bond donors (Lipinski definition) is 1. The molecule has 4 nitrogen and oxygen atoms in total. The lowest BCUT2D eigenvalue weighted by Crippen LogP contribution is -2.17. The summed E-state index contributed by atoms with van der Waals surface area (Å²) in [7, 11) is 0. The molecule has 3 rings (SSSR count). The van der Waals surface area contributed by atoms with E-state index in [4.69, 9.17) is 5.73 Å². The highest BCUT2D eigenvalue weighted by Crippen LogP contribution is 2.22. The molecule has 3 aromatic rings. The van der Waals surface area contributed by atoms with Crippen LogP contribution in [-0.4, -0.2) is 16.7 Å². The number of nitrogens with zero attached hydrogens (tertiary/aromatic N) is 2. The molecule has 0 unspecified atom stereocenters. The van der Waals surface area contributed by atoms with Crippen molar-refractivity contribution >= 4 is 28.7 Å². The molecule has 1 heterocycles. The summed E-state index contributed by atoms with van der Waals surface area (Å²) < 4.78 is 1.86. The summed E-state index contributed by atoms with van der Waals surface area (Å²) in [5, 5.41) is 1.06. The molecule has 0 spiro atoms. The van der Waals surface area contributed by atoms with E-state index in [9.17, 15) is 4.79 Å². The number of aryl methyl sites for hydroxylation is 1. The molecule has 1 aromatic heterocycles. The number of benzene rings is 2. The summed E-state index contributed by atoms with van der Waals surface area (Å²) in [5.74, 6) is -0.358. The Hall–Kier alpha value is -2.88. The number of rotatable bonds is 4. The molecule has 0 saturated heterocycles. The van der Waals surface area contributed by atoms with Crippen molar-refractivity contribution in [3.05, 3.63) is 65.9 Å². The van der Waals surface area contributed by atoms with Gasteiger partial charge in [-0.25, -0.2) is 0 Å². The fourth-order valence-electron chi connectivity index (χ4n) is 2.52. The Morgan fingerprint density at radius 3 is 2.68 bits per heavy atom. The minimum Gasteiger partial charge on any atom is -0.368 e. The van der Waals surface area contributed by atoms with Crippen LogP contribution >= 0.6 is 0 Å². The Morgan fingerprint density at radius 1 is 1.18 bits per heavy atom. The van der Waals surface area contributed by atoms with Gasteiger partial charge in [0.05, 0.1) is 5.69 Å². The van der Waals surface area contributed by atoms with Crippen molar-refractivity contribution < 1.29 is 4.79 Å². The molecule has 2 aromatic carbocycles. The molecule has 0 aliphatic heterocycles. The minimum atomic E-state index is -0.358. The highest BCUT2D eigenvalue weighted by molar-refractivity contribution is 6.00. The van der Waals surface area contributed by atoms with E-state index in [2.05, 4.69) is 4.99 Å². The standard InChI is InChI=1S/C18H17N3O/c1-13-6-2-4-8-16(13)20-10-14-11-21(12-18(19)22)17-9-5-3-7-15(14)17/h2-11H,12H2,1H3,(H2,19,22). The van der Waals surface area contributed by atoms with Gasteiger partial charge in [-0.05, 0) is 24.6 Å². The van der Waals surface area contributed by atoms with E-state index >= 15 is 0 Å². The maximum atomic E-state index is 11.2.